The highest BCUT2D eigenvalue weighted by molar-refractivity contribution is 7.59. The Balaban J connectivity index is 0.000000338. The Morgan fingerprint density at radius 1 is 0.206 bits per heavy atom. The lowest BCUT2D eigenvalue weighted by molar-refractivity contribution is 0.610. The van der Waals surface area contributed by atoms with E-state index in [1.54, 1.807) is 35.1 Å². The zero-order chi connectivity index (χ0) is 76.5. The Labute approximate surface area is 689 Å². The molecule has 0 saturated carbocycles. The van der Waals surface area contributed by atoms with E-state index in [4.69, 9.17) is 40.5 Å². The highest BCUT2D eigenvalue weighted by Crippen LogP contribution is 2.45. The topological polar surface area (TPSA) is 26.0 Å². The number of nitrogens with two attached hydrogens (primary N) is 1. The Bertz CT molecular complexity index is 2930. The van der Waals surface area contributed by atoms with Gasteiger partial charge in [0.05, 0.1) is 0 Å². The molecule has 10 aromatic rings. The fourth-order valence-electron chi connectivity index (χ4n) is 13.8. The van der Waals surface area contributed by atoms with E-state index in [2.05, 4.69) is 172 Å². The second kappa shape index (κ2) is 60.5. The first-order valence-electron chi connectivity index (χ1n) is 41.3. The van der Waals surface area contributed by atoms with Gasteiger partial charge in [-0.25, -0.2) is 0 Å². The van der Waals surface area contributed by atoms with Gasteiger partial charge in [-0.05, 0) is 62.2 Å². The minimum absolute atomic E-state index is 0. The van der Waals surface area contributed by atoms with E-state index in [1.165, 1.54) is 128 Å². The van der Waals surface area contributed by atoms with Crippen molar-refractivity contribution in [2.45, 2.75) is 240 Å². The van der Waals surface area contributed by atoms with Crippen molar-refractivity contribution in [2.24, 2.45) is 0 Å². The van der Waals surface area contributed by atoms with Gasteiger partial charge in [-0.2, -0.15) is 13.5 Å². The second-order valence-corrected chi connectivity index (χ2v) is 41.9. The fourth-order valence-corrected chi connectivity index (χ4v) is 21.8. The molecule has 0 spiro atoms. The number of halogens is 3. The van der Waals surface area contributed by atoms with E-state index < -0.39 is 28.8 Å². The number of unbranched alkanes of at least 4 members (excludes halogenated alkanes) is 15. The Morgan fingerprint density at radius 2 is 0.346 bits per heavy atom. The lowest BCUT2D eigenvalue weighted by atomic mass is 9.84. The number of rotatable bonds is 36. The summed E-state index contributed by atoms with van der Waals surface area (Å²) in [4.78, 5) is -1.95. The number of nitrogen functional groups attached to an aromatic ring is 1. The number of anilines is 1. The van der Waals surface area contributed by atoms with Gasteiger partial charge in [-0.1, -0.05) is 517 Å². The molecule has 0 aromatic heterocycles. The zero-order valence-electron chi connectivity index (χ0n) is 67.4. The molecule has 2 N–H and O–H groups in total. The molecule has 0 fully saturated rings. The molecule has 107 heavy (non-hydrogen) atoms. The second-order valence-electron chi connectivity index (χ2n) is 28.4. The number of alkyl halides is 3. The maximum atomic E-state index is 7.12. The molecule has 10 rings (SSSR count). The van der Waals surface area contributed by atoms with Crippen molar-refractivity contribution in [1.29, 1.82) is 0 Å². The van der Waals surface area contributed by atoms with E-state index in [1.807, 2.05) is 194 Å². The molecule has 1 nitrogen and oxygen atoms in total. The summed E-state index contributed by atoms with van der Waals surface area (Å²) in [7, 11) is 0. The fraction of sp³-hybridized carbons (Fsp3) is 0.394. The van der Waals surface area contributed by atoms with Crippen LogP contribution in [0, 0.1) is 0 Å². The highest BCUT2D eigenvalue weighted by Gasteiger charge is 2.36. The zero-order valence-corrected chi connectivity index (χ0v) is 74.1. The largest absolute Gasteiger partial charge is 0.399 e. The first-order valence-corrected chi connectivity index (χ1v) is 49.7. The average molecular weight is 1560 g/mol. The van der Waals surface area contributed by atoms with Crippen molar-refractivity contribution in [3.8, 4) is 0 Å². The number of hydrogen-bond acceptors (Lipinski definition) is 1. The van der Waals surface area contributed by atoms with Gasteiger partial charge in [0.15, 0.2) is 0 Å². The molecule has 0 atom stereocenters. The van der Waals surface area contributed by atoms with Crippen LogP contribution in [0.5, 0.6) is 0 Å². The van der Waals surface area contributed by atoms with Crippen LogP contribution in [-0.2, 0) is 14.6 Å². The van der Waals surface area contributed by atoms with Crippen LogP contribution in [0.3, 0.4) is 0 Å². The van der Waals surface area contributed by atoms with Gasteiger partial charge in [-0.3, -0.25) is 0 Å². The average Bonchev–Trinajstić information content (AvgIpc) is 0.788. The Kier molecular flexibility index (Phi) is 54.3. The van der Waals surface area contributed by atoms with Crippen molar-refractivity contribution in [3.05, 3.63) is 353 Å². The van der Waals surface area contributed by atoms with Crippen LogP contribution < -0.4 is 5.73 Å². The summed E-state index contributed by atoms with van der Waals surface area (Å²) in [6, 6.07) is 101. The molecule has 572 valence electrons. The summed E-state index contributed by atoms with van der Waals surface area (Å²) < 4.78 is 0. The molecular weight excluding hydrogens is 1420 g/mol. The van der Waals surface area contributed by atoms with Crippen molar-refractivity contribution in [2.75, 3.05) is 5.73 Å². The van der Waals surface area contributed by atoms with Gasteiger partial charge in [0.25, 0.3) is 42.4 Å². The van der Waals surface area contributed by atoms with Crippen LogP contribution in [-0.4, -0.2) is 42.4 Å². The van der Waals surface area contributed by atoms with Crippen LogP contribution in [0.15, 0.2) is 303 Å². The Hall–Kier alpha value is -5.18. The SMILES string of the molecule is CCCCCCC[CH2][Al]([CH2]CCCCCCC)[CH2]CCCCCCC.C[CH2][Al]([CH2]C)[CH2]C.C[CH2][Al]([CH2]C)[CH2]C.ClC(c1ccccc1)(c1ccccc1)c1ccccc1.ClC(c1ccccc1)(c1ccccc1)c1ccccc1.ClC(c1ccccc1)(c1ccccc1)c1ccccc1.Nc1ccccc1.S. The minimum atomic E-state index is -0.649. The van der Waals surface area contributed by atoms with Gasteiger partial charge < -0.3 is 5.73 Å². The standard InChI is InChI=1S/3C19H15Cl.3C8H17.C6H7N.6C2H5.3Al.H2S/c3*20-19(16-10-4-1-5-11-16,17-12-6-2-7-13-17)18-14-8-3-9-15-18;3*1-3-5-7-8-6-4-2;7-6-4-2-1-3-5-6;6*1-2;;;;/h3*1-15H;3*1,3-8H2,2H3;1-5H,7H2;6*1H2,2H3;;;;1H2. The third-order valence-electron chi connectivity index (χ3n) is 20.7. The van der Waals surface area contributed by atoms with Gasteiger partial charge in [0, 0.05) is 5.69 Å². The van der Waals surface area contributed by atoms with Crippen molar-refractivity contribution in [1.82, 2.24) is 0 Å². The summed E-state index contributed by atoms with van der Waals surface area (Å²) in [5.41, 5.74) is 15.9. The third-order valence-corrected chi connectivity index (χ3v) is 33.3. The maximum absolute atomic E-state index is 7.12. The van der Waals surface area contributed by atoms with Gasteiger partial charge in [0.2, 0.25) is 0 Å². The van der Waals surface area contributed by atoms with Crippen molar-refractivity contribution < 1.29 is 0 Å². The molecule has 0 saturated heterocycles. The lowest BCUT2D eigenvalue weighted by Gasteiger charge is -2.29. The van der Waals surface area contributed by atoms with Crippen molar-refractivity contribution in [3.63, 3.8) is 0 Å². The van der Waals surface area contributed by atoms with E-state index in [-0.39, 0.29) is 41.8 Å². The normalized spacial score (nSPS) is 10.7. The first-order chi connectivity index (χ1) is 51.9. The van der Waals surface area contributed by atoms with Crippen LogP contribution in [0.1, 0.15) is 228 Å². The van der Waals surface area contributed by atoms with Gasteiger partial charge >= 0.3 is 0 Å². The molecule has 0 radical (unpaired) electrons. The van der Waals surface area contributed by atoms with E-state index in [0.29, 0.717) is 0 Å². The van der Waals surface area contributed by atoms with Gasteiger partial charge in [0.1, 0.15) is 14.6 Å². The number of benzene rings is 10. The highest BCUT2D eigenvalue weighted by atomic mass is 35.5. The first kappa shape index (κ1) is 96.0. The van der Waals surface area contributed by atoms with E-state index in [0.717, 1.165) is 55.8 Å². The number of hydrogen-bond donors (Lipinski definition) is 1. The molecule has 0 aliphatic carbocycles. The van der Waals surface area contributed by atoms with Crippen LogP contribution in [0.25, 0.3) is 0 Å². The molecule has 8 heteroatoms. The maximum Gasteiger partial charge on any atom is 0.261 e. The molecule has 0 aliphatic heterocycles. The summed E-state index contributed by atoms with van der Waals surface area (Å²) in [5, 5.41) is 13.9. The molecule has 0 aliphatic rings. The molecule has 0 amide bonds. The molecule has 0 bridgehead atoms. The van der Waals surface area contributed by atoms with Crippen molar-refractivity contribution >= 4 is 96.4 Å². The van der Waals surface area contributed by atoms with Gasteiger partial charge in [-0.15, -0.1) is 34.8 Å². The van der Waals surface area contributed by atoms with Crippen LogP contribution in [0.2, 0.25) is 47.5 Å². The van der Waals surface area contributed by atoms with E-state index in [9.17, 15) is 0 Å². The summed E-state index contributed by atoms with van der Waals surface area (Å²) in [6.07, 6.45) is 26.7. The summed E-state index contributed by atoms with van der Waals surface area (Å²) in [5.74, 6) is 0. The smallest absolute Gasteiger partial charge is 0.261 e. The molecule has 0 unspecified atom stereocenters. The quantitative estimate of drug-likeness (QED) is 0.0137. The third kappa shape index (κ3) is 36.2. The lowest BCUT2D eigenvalue weighted by Crippen LogP contribution is -2.22. The minimum Gasteiger partial charge on any atom is -0.399 e. The summed E-state index contributed by atoms with van der Waals surface area (Å²) >= 11 is 20.6. The predicted molar refractivity (Wildman–Crippen MR) is 491 cm³/mol. The molecule has 0 heterocycles. The monoisotopic (exact) mass is 1560 g/mol. The predicted octanol–water partition coefficient (Wildman–Crippen LogP) is 31.7. The van der Waals surface area contributed by atoms with Crippen LogP contribution >= 0.6 is 48.3 Å². The van der Waals surface area contributed by atoms with E-state index >= 15 is 0 Å². The molecule has 10 aromatic carbocycles. The Morgan fingerprint density at radius 3 is 0.467 bits per heavy atom. The number of para-hydroxylation sites is 1. The molecular formula is C99H135Al3Cl3NS. The van der Waals surface area contributed by atoms with Crippen LogP contribution in [0.4, 0.5) is 5.69 Å². The summed E-state index contributed by atoms with van der Waals surface area (Å²) in [6.45, 7) is 20.9.